The van der Waals surface area contributed by atoms with Crippen LogP contribution in [0.15, 0.2) is 42.5 Å². The molecule has 31 heavy (non-hydrogen) atoms. The highest BCUT2D eigenvalue weighted by Gasteiger charge is 2.54. The van der Waals surface area contributed by atoms with Crippen LogP contribution in [0.5, 0.6) is 5.75 Å². The van der Waals surface area contributed by atoms with Crippen LogP contribution in [-0.4, -0.2) is 72.4 Å². The van der Waals surface area contributed by atoms with Crippen molar-refractivity contribution >= 4 is 21.4 Å². The SMILES string of the molecule is COc1ccc(Cc2cc([C@]3(O)O[C@H](CS(C)(=O)=O)[C@@H](O)[C@H](O)[C@H]3O)ccc2Cl)cc1. The van der Waals surface area contributed by atoms with Crippen LogP contribution in [0.1, 0.15) is 16.7 Å². The van der Waals surface area contributed by atoms with E-state index in [2.05, 4.69) is 0 Å². The summed E-state index contributed by atoms with van der Waals surface area (Å²) in [7, 11) is -2.05. The Hall–Kier alpha value is -1.72. The highest BCUT2D eigenvalue weighted by molar-refractivity contribution is 7.90. The first-order valence-electron chi connectivity index (χ1n) is 9.48. The minimum Gasteiger partial charge on any atom is -0.497 e. The topological polar surface area (TPSA) is 134 Å². The molecule has 0 aliphatic carbocycles. The monoisotopic (exact) mass is 472 g/mol. The Bertz CT molecular complexity index is 1030. The van der Waals surface area contributed by atoms with Crippen molar-refractivity contribution in [3.63, 3.8) is 0 Å². The molecule has 0 aromatic heterocycles. The predicted molar refractivity (Wildman–Crippen MR) is 114 cm³/mol. The van der Waals surface area contributed by atoms with Crippen molar-refractivity contribution in [1.29, 1.82) is 0 Å². The number of hydrogen-bond donors (Lipinski definition) is 4. The van der Waals surface area contributed by atoms with Gasteiger partial charge in [0.25, 0.3) is 0 Å². The quantitative estimate of drug-likeness (QED) is 0.480. The Morgan fingerprint density at radius 3 is 2.32 bits per heavy atom. The molecule has 8 nitrogen and oxygen atoms in total. The van der Waals surface area contributed by atoms with Crippen LogP contribution < -0.4 is 4.74 Å². The van der Waals surface area contributed by atoms with Crippen LogP contribution in [0.4, 0.5) is 0 Å². The molecule has 4 N–H and O–H groups in total. The number of aliphatic hydroxyl groups is 4. The van der Waals surface area contributed by atoms with Gasteiger partial charge in [-0.25, -0.2) is 8.42 Å². The van der Waals surface area contributed by atoms with Crippen molar-refractivity contribution in [3.8, 4) is 5.75 Å². The molecule has 0 saturated carbocycles. The molecule has 2 aromatic carbocycles. The maximum Gasteiger partial charge on any atom is 0.222 e. The van der Waals surface area contributed by atoms with E-state index in [4.69, 9.17) is 21.1 Å². The largest absolute Gasteiger partial charge is 0.497 e. The van der Waals surface area contributed by atoms with Crippen molar-refractivity contribution in [1.82, 2.24) is 0 Å². The normalized spacial score (nSPS) is 29.0. The predicted octanol–water partition coefficient (Wildman–Crippen LogP) is 0.611. The highest BCUT2D eigenvalue weighted by atomic mass is 35.5. The number of hydrogen-bond acceptors (Lipinski definition) is 8. The molecule has 0 unspecified atom stereocenters. The number of rotatable bonds is 6. The minimum atomic E-state index is -3.61. The maximum absolute atomic E-state index is 11.7. The molecule has 5 atom stereocenters. The van der Waals surface area contributed by atoms with Crippen molar-refractivity contribution in [2.24, 2.45) is 0 Å². The summed E-state index contributed by atoms with van der Waals surface area (Å²) >= 11 is 6.31. The summed E-state index contributed by atoms with van der Waals surface area (Å²) in [4.78, 5) is 0. The molecule has 170 valence electrons. The number of ether oxygens (including phenoxy) is 2. The van der Waals surface area contributed by atoms with E-state index in [-0.39, 0.29) is 5.56 Å². The molecule has 1 heterocycles. The summed E-state index contributed by atoms with van der Waals surface area (Å²) < 4.78 is 34.0. The van der Waals surface area contributed by atoms with Crippen molar-refractivity contribution in [3.05, 3.63) is 64.2 Å². The van der Waals surface area contributed by atoms with E-state index < -0.39 is 45.8 Å². The summed E-state index contributed by atoms with van der Waals surface area (Å²) in [5, 5.41) is 42.4. The first kappa shape index (κ1) is 23.9. The summed E-state index contributed by atoms with van der Waals surface area (Å²) in [6, 6.07) is 11.7. The zero-order chi connectivity index (χ0) is 23.0. The first-order chi connectivity index (χ1) is 14.4. The van der Waals surface area contributed by atoms with Gasteiger partial charge in [0.15, 0.2) is 0 Å². The Morgan fingerprint density at radius 1 is 1.10 bits per heavy atom. The second-order valence-electron chi connectivity index (χ2n) is 7.70. The Kier molecular flexibility index (Phi) is 6.97. The van der Waals surface area contributed by atoms with E-state index >= 15 is 0 Å². The zero-order valence-corrected chi connectivity index (χ0v) is 18.5. The van der Waals surface area contributed by atoms with Crippen LogP contribution >= 0.6 is 11.6 Å². The van der Waals surface area contributed by atoms with Gasteiger partial charge in [0.1, 0.15) is 40.0 Å². The smallest absolute Gasteiger partial charge is 0.222 e. The van der Waals surface area contributed by atoms with Crippen LogP contribution in [-0.2, 0) is 26.8 Å². The third-order valence-corrected chi connectivity index (χ3v) is 6.57. The fourth-order valence-corrected chi connectivity index (χ4v) is 4.62. The molecule has 10 heteroatoms. The fraction of sp³-hybridized carbons (Fsp3) is 0.429. The van der Waals surface area contributed by atoms with Gasteiger partial charge >= 0.3 is 0 Å². The lowest BCUT2D eigenvalue weighted by Gasteiger charge is -2.46. The Labute approximate surface area is 185 Å². The van der Waals surface area contributed by atoms with Crippen molar-refractivity contribution in [2.75, 3.05) is 19.1 Å². The number of halogens is 1. The van der Waals surface area contributed by atoms with E-state index in [1.54, 1.807) is 19.2 Å². The van der Waals surface area contributed by atoms with E-state index in [1.807, 2.05) is 12.1 Å². The molecule has 0 spiro atoms. The molecule has 0 radical (unpaired) electrons. The van der Waals surface area contributed by atoms with Gasteiger partial charge in [-0.15, -0.1) is 0 Å². The molecule has 1 aliphatic heterocycles. The van der Waals surface area contributed by atoms with Gasteiger partial charge in [0.2, 0.25) is 5.79 Å². The van der Waals surface area contributed by atoms with E-state index in [1.165, 1.54) is 18.2 Å². The van der Waals surface area contributed by atoms with Gasteiger partial charge < -0.3 is 29.9 Å². The first-order valence-corrected chi connectivity index (χ1v) is 11.9. The summed E-state index contributed by atoms with van der Waals surface area (Å²) in [6.45, 7) is 0. The number of benzene rings is 2. The van der Waals surface area contributed by atoms with E-state index in [9.17, 15) is 28.8 Å². The standard InChI is InChI=1S/C21H25ClO8S/c1-29-15-6-3-12(4-7-15)9-13-10-14(5-8-16(13)22)21(26)20(25)19(24)18(23)17(30-21)11-31(2,27)28/h3-8,10,17-20,23-26H,9,11H2,1-2H3/t17-,18-,19+,20-,21+/m1/s1. The number of sulfone groups is 1. The lowest BCUT2D eigenvalue weighted by Crippen LogP contribution is -2.63. The summed E-state index contributed by atoms with van der Waals surface area (Å²) in [6.07, 6.45) is -5.56. The Balaban J connectivity index is 1.94. The van der Waals surface area contributed by atoms with Gasteiger partial charge in [0.05, 0.1) is 12.9 Å². The van der Waals surface area contributed by atoms with Gasteiger partial charge in [-0.1, -0.05) is 29.8 Å². The molecule has 2 aromatic rings. The second-order valence-corrected chi connectivity index (χ2v) is 10.3. The molecule has 1 aliphatic rings. The van der Waals surface area contributed by atoms with Gasteiger partial charge in [0, 0.05) is 16.8 Å². The van der Waals surface area contributed by atoms with Crippen molar-refractivity contribution < 1.29 is 38.3 Å². The molecule has 0 bridgehead atoms. The molecule has 0 amide bonds. The number of aliphatic hydroxyl groups excluding tert-OH is 3. The third kappa shape index (κ3) is 5.20. The molecule has 3 rings (SSSR count). The van der Waals surface area contributed by atoms with E-state index in [0.717, 1.165) is 11.8 Å². The average molecular weight is 473 g/mol. The van der Waals surface area contributed by atoms with Gasteiger partial charge in [-0.05, 0) is 41.8 Å². The third-order valence-electron chi connectivity index (χ3n) is 5.27. The minimum absolute atomic E-state index is 0.0670. The lowest BCUT2D eigenvalue weighted by atomic mass is 9.87. The average Bonchev–Trinajstić information content (AvgIpc) is 2.71. The van der Waals surface area contributed by atoms with Crippen molar-refractivity contribution in [2.45, 2.75) is 36.6 Å². The maximum atomic E-state index is 11.7. The zero-order valence-electron chi connectivity index (χ0n) is 17.0. The highest BCUT2D eigenvalue weighted by Crippen LogP contribution is 2.38. The van der Waals surface area contributed by atoms with Crippen LogP contribution in [0, 0.1) is 0 Å². The fourth-order valence-electron chi connectivity index (χ4n) is 3.57. The summed E-state index contributed by atoms with van der Waals surface area (Å²) in [5.41, 5.74) is 1.58. The number of methoxy groups -OCH3 is 1. The van der Waals surface area contributed by atoms with Gasteiger partial charge in [-0.3, -0.25) is 0 Å². The van der Waals surface area contributed by atoms with Crippen LogP contribution in [0.2, 0.25) is 5.02 Å². The summed E-state index contributed by atoms with van der Waals surface area (Å²) in [5.74, 6) is -2.40. The van der Waals surface area contributed by atoms with Crippen LogP contribution in [0.25, 0.3) is 0 Å². The molecule has 1 fully saturated rings. The molecule has 1 saturated heterocycles. The van der Waals surface area contributed by atoms with E-state index in [0.29, 0.717) is 22.8 Å². The second kappa shape index (κ2) is 9.03. The molecular weight excluding hydrogens is 448 g/mol. The molecular formula is C21H25ClO8S. The van der Waals surface area contributed by atoms with Gasteiger partial charge in [-0.2, -0.15) is 0 Å². The van der Waals surface area contributed by atoms with Crippen LogP contribution in [0.3, 0.4) is 0 Å². The lowest BCUT2D eigenvalue weighted by molar-refractivity contribution is -0.350. The Morgan fingerprint density at radius 2 is 1.74 bits per heavy atom.